The monoisotopic (exact) mass is 492 g/mol. The highest BCUT2D eigenvalue weighted by atomic mass is 32.2. The van der Waals surface area contributed by atoms with Crippen LogP contribution in [0.15, 0.2) is 52.7 Å². The summed E-state index contributed by atoms with van der Waals surface area (Å²) in [5.41, 5.74) is 2.32. The Morgan fingerprint density at radius 1 is 1.09 bits per heavy atom. The summed E-state index contributed by atoms with van der Waals surface area (Å²) in [4.78, 5) is 4.51. The van der Waals surface area contributed by atoms with Crippen molar-refractivity contribution >= 4 is 21.4 Å². The van der Waals surface area contributed by atoms with Crippen LogP contribution in [0.25, 0.3) is 0 Å². The van der Waals surface area contributed by atoms with Crippen LogP contribution in [0.4, 0.5) is 0 Å². The maximum atomic E-state index is 13.3. The zero-order valence-electron chi connectivity index (χ0n) is 18.9. The molecule has 1 N–H and O–H groups in total. The molecule has 0 amide bonds. The van der Waals surface area contributed by atoms with Crippen molar-refractivity contribution in [3.63, 3.8) is 0 Å². The van der Waals surface area contributed by atoms with E-state index in [0.717, 1.165) is 16.1 Å². The van der Waals surface area contributed by atoms with E-state index in [1.807, 2.05) is 13.0 Å². The van der Waals surface area contributed by atoms with E-state index in [0.29, 0.717) is 17.2 Å². The smallest absolute Gasteiger partial charge is 0.243 e. The molecule has 0 aliphatic carbocycles. The second-order valence-electron chi connectivity index (χ2n) is 7.31. The van der Waals surface area contributed by atoms with Gasteiger partial charge >= 0.3 is 0 Å². The number of hydrogen-bond acceptors (Lipinski definition) is 8. The molecule has 0 spiro atoms. The summed E-state index contributed by atoms with van der Waals surface area (Å²) in [5, 5.41) is 11.7. The lowest BCUT2D eigenvalue weighted by molar-refractivity contribution is 0.177. The number of thiazole rings is 1. The molecule has 0 aliphatic rings. The first-order valence-corrected chi connectivity index (χ1v) is 12.6. The second kappa shape index (κ2) is 11.6. The molecule has 2 aromatic carbocycles. The van der Waals surface area contributed by atoms with Crippen LogP contribution in [0.3, 0.4) is 0 Å². The molecule has 0 bridgehead atoms. The lowest BCUT2D eigenvalue weighted by Gasteiger charge is -2.23. The van der Waals surface area contributed by atoms with Crippen molar-refractivity contribution in [2.24, 2.45) is 0 Å². The molecule has 3 aromatic rings. The molecule has 0 saturated carbocycles. The molecule has 0 fully saturated rings. The summed E-state index contributed by atoms with van der Waals surface area (Å²) in [5.74, 6) is 1.01. The van der Waals surface area contributed by atoms with Crippen LogP contribution in [-0.4, -0.2) is 50.2 Å². The molecule has 10 heteroatoms. The number of nitrogens with zero attached hydrogens (tertiary/aromatic N) is 2. The van der Waals surface area contributed by atoms with E-state index in [-0.39, 0.29) is 37.8 Å². The number of ether oxygens (including phenoxy) is 3. The van der Waals surface area contributed by atoms with Crippen LogP contribution < -0.4 is 9.47 Å². The predicted octanol–water partition coefficient (Wildman–Crippen LogP) is 3.37. The van der Waals surface area contributed by atoms with E-state index < -0.39 is 10.0 Å². The van der Waals surface area contributed by atoms with Crippen LogP contribution in [0.5, 0.6) is 11.5 Å². The average Bonchev–Trinajstić information content (AvgIpc) is 3.29. The van der Waals surface area contributed by atoms with Gasteiger partial charge in [-0.25, -0.2) is 13.4 Å². The number of sulfonamides is 1. The number of aromatic nitrogens is 1. The van der Waals surface area contributed by atoms with E-state index in [1.54, 1.807) is 48.9 Å². The standard InChI is InChI=1S/C23H28N2O6S2/c1-17-4-7-20(8-5-17)33(27,28)25(10-11-29-2)13-18-6-9-21(30-3)22(12-18)31-15-23-24-19(14-26)16-32-23/h4-9,12,16,26H,10-11,13-15H2,1-3H3. The fourth-order valence-corrected chi connectivity index (χ4v) is 5.21. The number of rotatable bonds is 12. The Bertz CT molecular complexity index is 1150. The van der Waals surface area contributed by atoms with Crippen molar-refractivity contribution in [3.8, 4) is 11.5 Å². The van der Waals surface area contributed by atoms with Gasteiger partial charge in [-0.05, 0) is 36.8 Å². The SMILES string of the molecule is COCCN(Cc1ccc(OC)c(OCc2nc(CO)cs2)c1)S(=O)(=O)c1ccc(C)cc1. The van der Waals surface area contributed by atoms with Crippen molar-refractivity contribution in [1.29, 1.82) is 0 Å². The Hall–Kier alpha value is -2.50. The van der Waals surface area contributed by atoms with Gasteiger partial charge in [0.15, 0.2) is 11.5 Å². The van der Waals surface area contributed by atoms with E-state index in [1.165, 1.54) is 22.8 Å². The molecular weight excluding hydrogens is 464 g/mol. The molecule has 1 heterocycles. The molecule has 0 radical (unpaired) electrons. The average molecular weight is 493 g/mol. The summed E-state index contributed by atoms with van der Waals surface area (Å²) in [6, 6.07) is 12.1. The Labute approximate surface area is 198 Å². The summed E-state index contributed by atoms with van der Waals surface area (Å²) in [7, 11) is -0.641. The van der Waals surface area contributed by atoms with Crippen molar-refractivity contribution in [3.05, 3.63) is 69.7 Å². The molecule has 0 aliphatic heterocycles. The highest BCUT2D eigenvalue weighted by Gasteiger charge is 2.25. The van der Waals surface area contributed by atoms with Gasteiger partial charge < -0.3 is 19.3 Å². The van der Waals surface area contributed by atoms with Gasteiger partial charge in [-0.1, -0.05) is 23.8 Å². The lowest BCUT2D eigenvalue weighted by atomic mass is 10.2. The Balaban J connectivity index is 1.83. The third-order valence-electron chi connectivity index (χ3n) is 4.90. The van der Waals surface area contributed by atoms with Gasteiger partial charge in [0.2, 0.25) is 10.0 Å². The van der Waals surface area contributed by atoms with Crippen molar-refractivity contribution < 1.29 is 27.7 Å². The molecule has 178 valence electrons. The van der Waals surface area contributed by atoms with Crippen molar-refractivity contribution in [1.82, 2.24) is 9.29 Å². The number of aliphatic hydroxyl groups excluding tert-OH is 1. The van der Waals surface area contributed by atoms with Gasteiger partial charge in [0.1, 0.15) is 11.6 Å². The number of methoxy groups -OCH3 is 2. The number of benzene rings is 2. The first-order valence-electron chi connectivity index (χ1n) is 10.3. The molecule has 0 unspecified atom stereocenters. The van der Waals surface area contributed by atoms with Crippen LogP contribution in [0.2, 0.25) is 0 Å². The lowest BCUT2D eigenvalue weighted by Crippen LogP contribution is -2.33. The summed E-state index contributed by atoms with van der Waals surface area (Å²) < 4.78 is 44.4. The number of aryl methyl sites for hydroxylation is 1. The minimum atomic E-state index is -3.72. The van der Waals surface area contributed by atoms with Crippen molar-refractivity contribution in [2.45, 2.75) is 31.6 Å². The maximum Gasteiger partial charge on any atom is 0.243 e. The largest absolute Gasteiger partial charge is 0.493 e. The highest BCUT2D eigenvalue weighted by Crippen LogP contribution is 2.30. The van der Waals surface area contributed by atoms with E-state index >= 15 is 0 Å². The topological polar surface area (TPSA) is 98.2 Å². The van der Waals surface area contributed by atoms with Gasteiger partial charge in [0.05, 0.1) is 30.9 Å². The van der Waals surface area contributed by atoms with Gasteiger partial charge in [0.25, 0.3) is 0 Å². The first kappa shape index (κ1) is 25.1. The molecule has 8 nitrogen and oxygen atoms in total. The van der Waals surface area contributed by atoms with Crippen LogP contribution in [0, 0.1) is 6.92 Å². The highest BCUT2D eigenvalue weighted by molar-refractivity contribution is 7.89. The summed E-state index contributed by atoms with van der Waals surface area (Å²) >= 11 is 1.39. The number of hydrogen-bond donors (Lipinski definition) is 1. The number of aliphatic hydroxyl groups is 1. The normalized spacial score (nSPS) is 11.7. The third kappa shape index (κ3) is 6.52. The van der Waals surface area contributed by atoms with E-state index in [4.69, 9.17) is 14.2 Å². The molecule has 0 saturated heterocycles. The maximum absolute atomic E-state index is 13.3. The second-order valence-corrected chi connectivity index (χ2v) is 10.2. The predicted molar refractivity (Wildman–Crippen MR) is 126 cm³/mol. The zero-order chi connectivity index (χ0) is 23.8. The minimum absolute atomic E-state index is 0.123. The van der Waals surface area contributed by atoms with Crippen molar-refractivity contribution in [2.75, 3.05) is 27.4 Å². The Morgan fingerprint density at radius 3 is 2.48 bits per heavy atom. The quantitative estimate of drug-likeness (QED) is 0.414. The van der Waals surface area contributed by atoms with Crippen LogP contribution in [-0.2, 0) is 34.5 Å². The summed E-state index contributed by atoms with van der Waals surface area (Å²) in [6.07, 6.45) is 0. The minimum Gasteiger partial charge on any atom is -0.493 e. The zero-order valence-corrected chi connectivity index (χ0v) is 20.5. The van der Waals surface area contributed by atoms with E-state index in [9.17, 15) is 13.5 Å². The Morgan fingerprint density at radius 2 is 1.85 bits per heavy atom. The fraction of sp³-hybridized carbons (Fsp3) is 0.348. The molecular formula is C23H28N2O6S2. The van der Waals surface area contributed by atoms with Crippen LogP contribution in [0.1, 0.15) is 21.8 Å². The molecule has 3 rings (SSSR count). The van der Waals surface area contributed by atoms with Crippen LogP contribution >= 0.6 is 11.3 Å². The first-order chi connectivity index (χ1) is 15.9. The van der Waals surface area contributed by atoms with Gasteiger partial charge in [-0.2, -0.15) is 4.31 Å². The Kier molecular flexibility index (Phi) is 8.81. The van der Waals surface area contributed by atoms with Gasteiger partial charge in [-0.3, -0.25) is 0 Å². The third-order valence-corrected chi connectivity index (χ3v) is 7.63. The van der Waals surface area contributed by atoms with Gasteiger partial charge in [-0.15, -0.1) is 11.3 Å². The van der Waals surface area contributed by atoms with E-state index in [2.05, 4.69) is 4.98 Å². The van der Waals surface area contributed by atoms with Gasteiger partial charge in [0, 0.05) is 25.6 Å². The summed E-state index contributed by atoms with van der Waals surface area (Å²) in [6.45, 7) is 2.61. The fourth-order valence-electron chi connectivity index (χ4n) is 3.10. The molecule has 0 atom stereocenters. The molecule has 33 heavy (non-hydrogen) atoms. The molecule has 1 aromatic heterocycles.